The van der Waals surface area contributed by atoms with E-state index in [9.17, 15) is 0 Å². The molecule has 2 N–H and O–H groups in total. The normalized spacial score (nSPS) is 25.9. The number of hydrogen-bond donors (Lipinski definition) is 1. The lowest BCUT2D eigenvalue weighted by molar-refractivity contribution is 0.0403. The minimum absolute atomic E-state index is 0.0241. The molecule has 1 unspecified atom stereocenters. The van der Waals surface area contributed by atoms with E-state index in [1.54, 1.807) is 7.11 Å². The van der Waals surface area contributed by atoms with Crippen molar-refractivity contribution >= 4 is 0 Å². The zero-order valence-electron chi connectivity index (χ0n) is 12.4. The molecule has 0 spiro atoms. The summed E-state index contributed by atoms with van der Waals surface area (Å²) in [5.41, 5.74) is 7.23. The second kappa shape index (κ2) is 5.41. The third-order valence-electron chi connectivity index (χ3n) is 3.88. The zero-order valence-corrected chi connectivity index (χ0v) is 12.4. The number of methoxy groups -OCH3 is 1. The Morgan fingerprint density at radius 1 is 1.47 bits per heavy atom. The van der Waals surface area contributed by atoms with E-state index in [-0.39, 0.29) is 11.6 Å². The lowest BCUT2D eigenvalue weighted by atomic mass is 9.84. The number of hydrogen-bond acceptors (Lipinski definition) is 3. The van der Waals surface area contributed by atoms with Crippen LogP contribution >= 0.6 is 0 Å². The first-order valence-electron chi connectivity index (χ1n) is 7.06. The van der Waals surface area contributed by atoms with Gasteiger partial charge in [0, 0.05) is 18.0 Å². The van der Waals surface area contributed by atoms with Gasteiger partial charge in [-0.25, -0.2) is 0 Å². The zero-order chi connectivity index (χ0) is 14.0. The van der Waals surface area contributed by atoms with E-state index < -0.39 is 0 Å². The highest BCUT2D eigenvalue weighted by Gasteiger charge is 2.35. The Morgan fingerprint density at radius 2 is 2.21 bits per heavy atom. The van der Waals surface area contributed by atoms with Gasteiger partial charge in [-0.3, -0.25) is 0 Å². The second-order valence-electron chi connectivity index (χ2n) is 6.20. The van der Waals surface area contributed by atoms with E-state index in [0.717, 1.165) is 36.3 Å². The standard InChI is InChI=1S/C16H25NO2/c1-11(2)7-8-16(3)10-14(17)13-9-12(18-4)5-6-15(13)19-16/h5-6,9,11,14H,7-8,10,17H2,1-4H3/t14-,16?/m1/s1. The number of fused-ring (bicyclic) bond motifs is 1. The van der Waals surface area contributed by atoms with Crippen molar-refractivity contribution in [2.75, 3.05) is 7.11 Å². The number of nitrogens with two attached hydrogens (primary N) is 1. The predicted molar refractivity (Wildman–Crippen MR) is 77.6 cm³/mol. The molecule has 106 valence electrons. The Kier molecular flexibility index (Phi) is 4.04. The third kappa shape index (κ3) is 3.21. The number of ether oxygens (including phenoxy) is 2. The van der Waals surface area contributed by atoms with Crippen LogP contribution in [-0.2, 0) is 0 Å². The molecule has 1 aliphatic heterocycles. The Morgan fingerprint density at radius 3 is 2.84 bits per heavy atom. The van der Waals surface area contributed by atoms with Gasteiger partial charge in [-0.2, -0.15) is 0 Å². The first-order valence-corrected chi connectivity index (χ1v) is 7.06. The van der Waals surface area contributed by atoms with Gasteiger partial charge in [-0.1, -0.05) is 13.8 Å². The summed E-state index contributed by atoms with van der Waals surface area (Å²) >= 11 is 0. The van der Waals surface area contributed by atoms with Crippen molar-refractivity contribution in [1.82, 2.24) is 0 Å². The molecule has 0 saturated carbocycles. The Bertz CT molecular complexity index is 444. The maximum absolute atomic E-state index is 6.32. The Balaban J connectivity index is 2.19. The topological polar surface area (TPSA) is 44.5 Å². The van der Waals surface area contributed by atoms with Gasteiger partial charge in [-0.15, -0.1) is 0 Å². The molecule has 0 aromatic heterocycles. The van der Waals surface area contributed by atoms with Gasteiger partial charge in [0.1, 0.15) is 17.1 Å². The van der Waals surface area contributed by atoms with Crippen LogP contribution in [0.1, 0.15) is 51.6 Å². The van der Waals surface area contributed by atoms with Crippen LogP contribution in [0.2, 0.25) is 0 Å². The van der Waals surface area contributed by atoms with Crippen LogP contribution in [-0.4, -0.2) is 12.7 Å². The summed E-state index contributed by atoms with van der Waals surface area (Å²) < 4.78 is 11.5. The van der Waals surface area contributed by atoms with Crippen molar-refractivity contribution in [1.29, 1.82) is 0 Å². The van der Waals surface area contributed by atoms with Gasteiger partial charge in [0.15, 0.2) is 0 Å². The van der Waals surface area contributed by atoms with Crippen LogP contribution in [0.4, 0.5) is 0 Å². The van der Waals surface area contributed by atoms with Gasteiger partial charge < -0.3 is 15.2 Å². The first kappa shape index (κ1) is 14.2. The van der Waals surface area contributed by atoms with Crippen LogP contribution in [0.15, 0.2) is 18.2 Å². The molecule has 3 heteroatoms. The minimum Gasteiger partial charge on any atom is -0.497 e. The summed E-state index contributed by atoms with van der Waals surface area (Å²) in [5, 5.41) is 0. The van der Waals surface area contributed by atoms with Crippen LogP contribution in [0.5, 0.6) is 11.5 Å². The van der Waals surface area contributed by atoms with E-state index in [1.165, 1.54) is 0 Å². The lowest BCUT2D eigenvalue weighted by Crippen LogP contribution is -2.40. The molecule has 1 aliphatic rings. The number of rotatable bonds is 4. The average Bonchev–Trinajstić information content (AvgIpc) is 2.36. The smallest absolute Gasteiger partial charge is 0.125 e. The summed E-state index contributed by atoms with van der Waals surface area (Å²) in [6.45, 7) is 6.65. The second-order valence-corrected chi connectivity index (χ2v) is 6.20. The molecule has 2 atom stereocenters. The molecule has 0 aliphatic carbocycles. The van der Waals surface area contributed by atoms with E-state index in [1.807, 2.05) is 18.2 Å². The summed E-state index contributed by atoms with van der Waals surface area (Å²) in [4.78, 5) is 0. The highest BCUT2D eigenvalue weighted by atomic mass is 16.5. The summed E-state index contributed by atoms with van der Waals surface area (Å²) in [7, 11) is 1.67. The quantitative estimate of drug-likeness (QED) is 0.901. The van der Waals surface area contributed by atoms with E-state index in [2.05, 4.69) is 20.8 Å². The maximum atomic E-state index is 6.32. The van der Waals surface area contributed by atoms with E-state index in [0.29, 0.717) is 5.92 Å². The van der Waals surface area contributed by atoms with E-state index in [4.69, 9.17) is 15.2 Å². The van der Waals surface area contributed by atoms with Crippen molar-refractivity contribution in [3.63, 3.8) is 0 Å². The van der Waals surface area contributed by atoms with Crippen molar-refractivity contribution < 1.29 is 9.47 Å². The molecule has 19 heavy (non-hydrogen) atoms. The molecule has 1 heterocycles. The van der Waals surface area contributed by atoms with Gasteiger partial charge >= 0.3 is 0 Å². The van der Waals surface area contributed by atoms with Gasteiger partial charge in [0.05, 0.1) is 7.11 Å². The fourth-order valence-corrected chi connectivity index (χ4v) is 2.67. The van der Waals surface area contributed by atoms with Crippen LogP contribution in [0.25, 0.3) is 0 Å². The summed E-state index contributed by atoms with van der Waals surface area (Å²) in [6.07, 6.45) is 3.07. The molecular formula is C16H25NO2. The largest absolute Gasteiger partial charge is 0.497 e. The third-order valence-corrected chi connectivity index (χ3v) is 3.88. The molecule has 0 fully saturated rings. The molecule has 2 rings (SSSR count). The molecule has 0 radical (unpaired) electrons. The van der Waals surface area contributed by atoms with Crippen molar-refractivity contribution in [3.8, 4) is 11.5 Å². The van der Waals surface area contributed by atoms with Crippen molar-refractivity contribution in [2.24, 2.45) is 11.7 Å². The Hall–Kier alpha value is -1.22. The monoisotopic (exact) mass is 263 g/mol. The van der Waals surface area contributed by atoms with Gasteiger partial charge in [-0.05, 0) is 43.9 Å². The first-order chi connectivity index (χ1) is 8.93. The van der Waals surface area contributed by atoms with Crippen LogP contribution in [0.3, 0.4) is 0 Å². The molecule has 0 bridgehead atoms. The van der Waals surface area contributed by atoms with Gasteiger partial charge in [0.2, 0.25) is 0 Å². The maximum Gasteiger partial charge on any atom is 0.125 e. The molecule has 1 aromatic carbocycles. The molecule has 0 amide bonds. The van der Waals surface area contributed by atoms with Crippen LogP contribution < -0.4 is 15.2 Å². The van der Waals surface area contributed by atoms with Crippen molar-refractivity contribution in [2.45, 2.75) is 51.7 Å². The summed E-state index contributed by atoms with van der Waals surface area (Å²) in [6, 6.07) is 5.92. The lowest BCUT2D eigenvalue weighted by Gasteiger charge is -2.39. The molecule has 1 aromatic rings. The molecule has 0 saturated heterocycles. The molecular weight excluding hydrogens is 238 g/mol. The van der Waals surface area contributed by atoms with E-state index >= 15 is 0 Å². The fourth-order valence-electron chi connectivity index (χ4n) is 2.67. The highest BCUT2D eigenvalue weighted by Crippen LogP contribution is 2.42. The summed E-state index contributed by atoms with van der Waals surface area (Å²) in [5.74, 6) is 2.43. The van der Waals surface area contributed by atoms with Crippen LogP contribution in [0, 0.1) is 5.92 Å². The number of benzene rings is 1. The van der Waals surface area contributed by atoms with Gasteiger partial charge in [0.25, 0.3) is 0 Å². The predicted octanol–water partition coefficient (Wildman–Crippen LogP) is 3.67. The SMILES string of the molecule is COc1ccc2c(c1)[C@H](N)CC(C)(CCC(C)C)O2. The van der Waals surface area contributed by atoms with Crippen molar-refractivity contribution in [3.05, 3.63) is 23.8 Å². The average molecular weight is 263 g/mol. The fraction of sp³-hybridized carbons (Fsp3) is 0.625. The molecule has 3 nitrogen and oxygen atoms in total. The highest BCUT2D eigenvalue weighted by molar-refractivity contribution is 5.44. The Labute approximate surface area is 116 Å². The minimum atomic E-state index is -0.148.